The molecule has 0 spiro atoms. The molecule has 4 nitrogen and oxygen atoms in total. The summed E-state index contributed by atoms with van der Waals surface area (Å²) >= 11 is 1.17. The molecule has 25 heavy (non-hydrogen) atoms. The molecule has 2 N–H and O–H groups in total. The first-order valence-electron chi connectivity index (χ1n) is 7.87. The van der Waals surface area contributed by atoms with E-state index >= 15 is 0 Å². The molecule has 126 valence electrons. The standard InChI is InChI=1S/C20H18N2O2S/c1-13-5-3-7-15(11-13)21-19(23)17-9-10-18(25-17)20(24)22-16-8-4-6-14(2)12-16/h3-12H,1-2H3,(H,21,23)(H,22,24). The van der Waals surface area contributed by atoms with Crippen molar-refractivity contribution < 1.29 is 9.59 Å². The molecule has 0 aliphatic rings. The number of carbonyl (C=O) groups is 2. The average molecular weight is 350 g/mol. The molecule has 1 heterocycles. The Hall–Kier alpha value is -2.92. The maximum Gasteiger partial charge on any atom is 0.265 e. The van der Waals surface area contributed by atoms with Gasteiger partial charge in [-0.2, -0.15) is 0 Å². The molecule has 0 unspecified atom stereocenters. The van der Waals surface area contributed by atoms with Crippen molar-refractivity contribution >= 4 is 34.5 Å². The predicted octanol–water partition coefficient (Wildman–Crippen LogP) is 4.87. The van der Waals surface area contributed by atoms with Gasteiger partial charge in [0.15, 0.2) is 0 Å². The highest BCUT2D eigenvalue weighted by atomic mass is 32.1. The molecule has 5 heteroatoms. The number of nitrogens with one attached hydrogen (secondary N) is 2. The molecule has 0 radical (unpaired) electrons. The van der Waals surface area contributed by atoms with Gasteiger partial charge >= 0.3 is 0 Å². The number of rotatable bonds is 4. The third kappa shape index (κ3) is 4.33. The summed E-state index contributed by atoms with van der Waals surface area (Å²) in [6.07, 6.45) is 0. The highest BCUT2D eigenvalue weighted by Crippen LogP contribution is 2.20. The van der Waals surface area contributed by atoms with E-state index in [2.05, 4.69) is 10.6 Å². The number of amides is 2. The molecule has 0 saturated carbocycles. The van der Waals surface area contributed by atoms with E-state index in [0.29, 0.717) is 9.75 Å². The monoisotopic (exact) mass is 350 g/mol. The van der Waals surface area contributed by atoms with Gasteiger partial charge in [0.25, 0.3) is 11.8 Å². The highest BCUT2D eigenvalue weighted by Gasteiger charge is 2.14. The molecule has 2 amide bonds. The summed E-state index contributed by atoms with van der Waals surface area (Å²) < 4.78 is 0. The van der Waals surface area contributed by atoms with Crippen LogP contribution in [-0.4, -0.2) is 11.8 Å². The molecule has 0 saturated heterocycles. The van der Waals surface area contributed by atoms with E-state index in [0.717, 1.165) is 22.5 Å². The molecule has 0 fully saturated rings. The summed E-state index contributed by atoms with van der Waals surface area (Å²) in [6, 6.07) is 18.5. The Morgan fingerprint density at radius 3 is 1.56 bits per heavy atom. The van der Waals surface area contributed by atoms with Crippen molar-refractivity contribution in [1.29, 1.82) is 0 Å². The Bertz CT molecular complexity index is 857. The Labute approximate surface area is 150 Å². The fourth-order valence-electron chi connectivity index (χ4n) is 2.41. The second kappa shape index (κ2) is 7.32. The average Bonchev–Trinajstić information content (AvgIpc) is 3.05. The van der Waals surface area contributed by atoms with Gasteiger partial charge in [0.2, 0.25) is 0 Å². The molecule has 0 aliphatic carbocycles. The van der Waals surface area contributed by atoms with Crippen molar-refractivity contribution in [3.8, 4) is 0 Å². The van der Waals surface area contributed by atoms with Crippen LogP contribution in [0.5, 0.6) is 0 Å². The van der Waals surface area contributed by atoms with Crippen LogP contribution in [0.3, 0.4) is 0 Å². The van der Waals surface area contributed by atoms with Crippen molar-refractivity contribution in [3.05, 3.63) is 81.5 Å². The van der Waals surface area contributed by atoms with E-state index in [1.807, 2.05) is 62.4 Å². The molecule has 0 bridgehead atoms. The molecule has 2 aromatic carbocycles. The Kier molecular flexibility index (Phi) is 4.95. The number of carbonyl (C=O) groups excluding carboxylic acids is 2. The number of anilines is 2. The van der Waals surface area contributed by atoms with Crippen molar-refractivity contribution in [2.45, 2.75) is 13.8 Å². The van der Waals surface area contributed by atoms with Crippen molar-refractivity contribution in [2.24, 2.45) is 0 Å². The second-order valence-electron chi connectivity index (χ2n) is 5.81. The van der Waals surface area contributed by atoms with Gasteiger partial charge in [0.1, 0.15) is 0 Å². The fraction of sp³-hybridized carbons (Fsp3) is 0.100. The van der Waals surface area contributed by atoms with E-state index < -0.39 is 0 Å². The third-order valence-electron chi connectivity index (χ3n) is 3.61. The lowest BCUT2D eigenvalue weighted by atomic mass is 10.2. The topological polar surface area (TPSA) is 58.2 Å². The van der Waals surface area contributed by atoms with Gasteiger partial charge in [0.05, 0.1) is 9.75 Å². The van der Waals surface area contributed by atoms with Crippen LogP contribution in [-0.2, 0) is 0 Å². The van der Waals surface area contributed by atoms with Gasteiger partial charge in [-0.15, -0.1) is 11.3 Å². The van der Waals surface area contributed by atoms with Crippen LogP contribution < -0.4 is 10.6 Å². The molecule has 3 aromatic rings. The summed E-state index contributed by atoms with van der Waals surface area (Å²) in [5.74, 6) is -0.435. The highest BCUT2D eigenvalue weighted by molar-refractivity contribution is 7.16. The number of hydrogen-bond acceptors (Lipinski definition) is 3. The minimum atomic E-state index is -0.217. The first-order valence-corrected chi connectivity index (χ1v) is 8.69. The fourth-order valence-corrected chi connectivity index (χ4v) is 3.21. The zero-order valence-corrected chi connectivity index (χ0v) is 14.8. The summed E-state index contributed by atoms with van der Waals surface area (Å²) in [4.78, 5) is 25.7. The van der Waals surface area contributed by atoms with Gasteiger partial charge < -0.3 is 10.6 Å². The van der Waals surface area contributed by atoms with Crippen LogP contribution in [0.25, 0.3) is 0 Å². The van der Waals surface area contributed by atoms with E-state index in [4.69, 9.17) is 0 Å². The van der Waals surface area contributed by atoms with Gasteiger partial charge in [-0.05, 0) is 61.4 Å². The predicted molar refractivity (Wildman–Crippen MR) is 103 cm³/mol. The number of thiophene rings is 1. The van der Waals surface area contributed by atoms with E-state index in [1.54, 1.807) is 12.1 Å². The molecule has 1 aromatic heterocycles. The minimum Gasteiger partial charge on any atom is -0.321 e. The van der Waals surface area contributed by atoms with Crippen LogP contribution >= 0.6 is 11.3 Å². The van der Waals surface area contributed by atoms with Crippen LogP contribution in [0.15, 0.2) is 60.7 Å². The summed E-state index contributed by atoms with van der Waals surface area (Å²) in [7, 11) is 0. The Morgan fingerprint density at radius 2 is 1.16 bits per heavy atom. The van der Waals surface area contributed by atoms with E-state index in [1.165, 1.54) is 11.3 Å². The summed E-state index contributed by atoms with van der Waals surface area (Å²) in [5, 5.41) is 5.70. The zero-order valence-electron chi connectivity index (χ0n) is 14.0. The smallest absolute Gasteiger partial charge is 0.265 e. The van der Waals surface area contributed by atoms with Crippen LogP contribution in [0.1, 0.15) is 30.5 Å². The Morgan fingerprint density at radius 1 is 0.720 bits per heavy atom. The van der Waals surface area contributed by atoms with Crippen LogP contribution in [0.4, 0.5) is 11.4 Å². The first-order chi connectivity index (χ1) is 12.0. The lowest BCUT2D eigenvalue weighted by Crippen LogP contribution is -2.11. The third-order valence-corrected chi connectivity index (χ3v) is 4.69. The molecule has 0 atom stereocenters. The SMILES string of the molecule is Cc1cccc(NC(=O)c2ccc(C(=O)Nc3cccc(C)c3)s2)c1. The van der Waals surface area contributed by atoms with Crippen molar-refractivity contribution in [1.82, 2.24) is 0 Å². The van der Waals surface area contributed by atoms with Gasteiger partial charge in [0, 0.05) is 11.4 Å². The van der Waals surface area contributed by atoms with Gasteiger partial charge in [-0.3, -0.25) is 9.59 Å². The Balaban J connectivity index is 1.69. The van der Waals surface area contributed by atoms with Crippen molar-refractivity contribution in [2.75, 3.05) is 10.6 Å². The summed E-state index contributed by atoms with van der Waals surface area (Å²) in [6.45, 7) is 3.93. The lowest BCUT2D eigenvalue weighted by molar-refractivity contribution is 0.102. The van der Waals surface area contributed by atoms with E-state index in [9.17, 15) is 9.59 Å². The number of benzene rings is 2. The number of hydrogen-bond donors (Lipinski definition) is 2. The lowest BCUT2D eigenvalue weighted by Gasteiger charge is -2.05. The number of aryl methyl sites for hydroxylation is 2. The molecule has 3 rings (SSSR count). The zero-order chi connectivity index (χ0) is 17.8. The quantitative estimate of drug-likeness (QED) is 0.705. The minimum absolute atomic E-state index is 0.217. The first kappa shape index (κ1) is 16.9. The maximum atomic E-state index is 12.3. The molecule has 0 aliphatic heterocycles. The summed E-state index contributed by atoms with van der Waals surface area (Å²) in [5.41, 5.74) is 3.62. The largest absolute Gasteiger partial charge is 0.321 e. The van der Waals surface area contributed by atoms with Crippen LogP contribution in [0.2, 0.25) is 0 Å². The normalized spacial score (nSPS) is 10.3. The van der Waals surface area contributed by atoms with Gasteiger partial charge in [-0.1, -0.05) is 24.3 Å². The maximum absolute atomic E-state index is 12.3. The van der Waals surface area contributed by atoms with E-state index in [-0.39, 0.29) is 11.8 Å². The van der Waals surface area contributed by atoms with Gasteiger partial charge in [-0.25, -0.2) is 0 Å². The van der Waals surface area contributed by atoms with Crippen molar-refractivity contribution in [3.63, 3.8) is 0 Å². The molecular weight excluding hydrogens is 332 g/mol. The van der Waals surface area contributed by atoms with Crippen LogP contribution in [0, 0.1) is 13.8 Å². The second-order valence-corrected chi connectivity index (χ2v) is 6.89. The molecular formula is C20H18N2O2S.